The molecule has 0 aliphatic carbocycles. The molecule has 1 aliphatic heterocycles. The summed E-state index contributed by atoms with van der Waals surface area (Å²) in [5.41, 5.74) is 1.28. The number of rotatable bonds is 7. The van der Waals surface area contributed by atoms with Gasteiger partial charge in [0.15, 0.2) is 0 Å². The van der Waals surface area contributed by atoms with Gasteiger partial charge < -0.3 is 15.4 Å². The normalized spacial score (nSPS) is 13.8. The zero-order chi connectivity index (χ0) is 14.9. The molecule has 4 nitrogen and oxygen atoms in total. The molecular weight excluding hydrogens is 307 g/mol. The summed E-state index contributed by atoms with van der Waals surface area (Å²) in [5.74, 6) is 0.378. The van der Waals surface area contributed by atoms with E-state index in [0.717, 1.165) is 19.5 Å². The van der Waals surface area contributed by atoms with E-state index in [1.165, 1.54) is 17.7 Å². The molecule has 1 aromatic rings. The van der Waals surface area contributed by atoms with Gasteiger partial charge >= 0.3 is 0 Å². The predicted molar refractivity (Wildman–Crippen MR) is 87.0 cm³/mol. The van der Waals surface area contributed by atoms with Crippen molar-refractivity contribution in [3.8, 4) is 5.75 Å². The molecule has 0 spiro atoms. The number of ether oxygens (including phenoxy) is 1. The maximum atomic E-state index is 12.7. The average molecular weight is 329 g/mol. The molecular formula is C16H22ClFN2O2. The van der Waals surface area contributed by atoms with Crippen LogP contribution in [0, 0.1) is 5.82 Å². The van der Waals surface area contributed by atoms with Gasteiger partial charge in [0.05, 0.1) is 6.61 Å². The third kappa shape index (κ3) is 6.91. The Bertz CT molecular complexity index is 491. The first-order valence-electron chi connectivity index (χ1n) is 7.28. The summed E-state index contributed by atoms with van der Waals surface area (Å²) in [6.45, 7) is 2.95. The van der Waals surface area contributed by atoms with Crippen molar-refractivity contribution in [1.29, 1.82) is 0 Å². The zero-order valence-electron chi connectivity index (χ0n) is 12.4. The predicted octanol–water partition coefficient (Wildman–Crippen LogP) is 2.44. The quantitative estimate of drug-likeness (QED) is 0.597. The van der Waals surface area contributed by atoms with Gasteiger partial charge in [-0.3, -0.25) is 4.79 Å². The maximum absolute atomic E-state index is 12.7. The minimum Gasteiger partial charge on any atom is -0.494 e. The minimum atomic E-state index is -0.283. The van der Waals surface area contributed by atoms with Crippen molar-refractivity contribution in [1.82, 2.24) is 10.6 Å². The first-order valence-corrected chi connectivity index (χ1v) is 7.28. The van der Waals surface area contributed by atoms with Crippen LogP contribution in [0.3, 0.4) is 0 Å². The smallest absolute Gasteiger partial charge is 0.220 e. The molecule has 0 radical (unpaired) electrons. The molecule has 0 aromatic heterocycles. The van der Waals surface area contributed by atoms with E-state index in [1.807, 2.05) is 0 Å². The van der Waals surface area contributed by atoms with Gasteiger partial charge in [-0.05, 0) is 43.7 Å². The van der Waals surface area contributed by atoms with E-state index in [-0.39, 0.29) is 24.1 Å². The Morgan fingerprint density at radius 1 is 1.32 bits per heavy atom. The molecule has 22 heavy (non-hydrogen) atoms. The first-order chi connectivity index (χ1) is 10.2. The number of carbonyl (C=O) groups is 1. The van der Waals surface area contributed by atoms with Crippen LogP contribution in [-0.4, -0.2) is 32.1 Å². The van der Waals surface area contributed by atoms with Gasteiger partial charge in [-0.25, -0.2) is 4.39 Å². The van der Waals surface area contributed by atoms with Crippen molar-refractivity contribution < 1.29 is 13.9 Å². The number of hydrogen-bond acceptors (Lipinski definition) is 3. The van der Waals surface area contributed by atoms with Gasteiger partial charge in [0.2, 0.25) is 5.91 Å². The Labute approximate surface area is 136 Å². The second-order valence-corrected chi connectivity index (χ2v) is 5.00. The van der Waals surface area contributed by atoms with Crippen LogP contribution in [0.25, 0.3) is 0 Å². The van der Waals surface area contributed by atoms with Crippen LogP contribution in [0.5, 0.6) is 5.75 Å². The minimum absolute atomic E-state index is 0. The van der Waals surface area contributed by atoms with E-state index in [4.69, 9.17) is 4.74 Å². The molecule has 1 aromatic carbocycles. The summed E-state index contributed by atoms with van der Waals surface area (Å²) >= 11 is 0. The van der Waals surface area contributed by atoms with Crippen LogP contribution in [0.2, 0.25) is 0 Å². The molecule has 1 heterocycles. The Morgan fingerprint density at radius 3 is 2.77 bits per heavy atom. The summed E-state index contributed by atoms with van der Waals surface area (Å²) in [6.07, 6.45) is 4.20. The summed E-state index contributed by atoms with van der Waals surface area (Å²) < 4.78 is 18.1. The van der Waals surface area contributed by atoms with Gasteiger partial charge in [-0.15, -0.1) is 12.4 Å². The third-order valence-electron chi connectivity index (χ3n) is 3.30. The van der Waals surface area contributed by atoms with Crippen molar-refractivity contribution in [3.05, 3.63) is 41.7 Å². The largest absolute Gasteiger partial charge is 0.494 e. The van der Waals surface area contributed by atoms with E-state index in [1.54, 1.807) is 12.1 Å². The lowest BCUT2D eigenvalue weighted by atomic mass is 10.1. The van der Waals surface area contributed by atoms with Crippen molar-refractivity contribution in [3.63, 3.8) is 0 Å². The van der Waals surface area contributed by atoms with E-state index in [0.29, 0.717) is 31.7 Å². The summed E-state index contributed by atoms with van der Waals surface area (Å²) in [4.78, 5) is 11.7. The number of benzene rings is 1. The average Bonchev–Trinajstić information content (AvgIpc) is 2.52. The molecule has 0 unspecified atom stereocenters. The highest BCUT2D eigenvalue weighted by Crippen LogP contribution is 2.11. The topological polar surface area (TPSA) is 50.4 Å². The Hall–Kier alpha value is -1.59. The van der Waals surface area contributed by atoms with Crippen molar-refractivity contribution in [2.24, 2.45) is 0 Å². The van der Waals surface area contributed by atoms with Gasteiger partial charge in [0, 0.05) is 19.5 Å². The molecule has 6 heteroatoms. The molecule has 0 bridgehead atoms. The first kappa shape index (κ1) is 18.5. The molecule has 0 saturated carbocycles. The van der Waals surface area contributed by atoms with E-state index in [2.05, 4.69) is 16.7 Å². The SMILES string of the molecule is Cl.O=C(CCCOc1ccc(F)cc1)NCC1=CCNCC1. The number of carbonyl (C=O) groups excluding carboxylic acids is 1. The van der Waals surface area contributed by atoms with E-state index in [9.17, 15) is 9.18 Å². The van der Waals surface area contributed by atoms with E-state index < -0.39 is 0 Å². The summed E-state index contributed by atoms with van der Waals surface area (Å²) in [5, 5.41) is 6.15. The lowest BCUT2D eigenvalue weighted by Gasteiger charge is -2.14. The molecule has 2 N–H and O–H groups in total. The Morgan fingerprint density at radius 2 is 2.09 bits per heavy atom. The van der Waals surface area contributed by atoms with Gasteiger partial charge in [0.25, 0.3) is 0 Å². The fourth-order valence-electron chi connectivity index (χ4n) is 2.08. The van der Waals surface area contributed by atoms with Crippen molar-refractivity contribution >= 4 is 18.3 Å². The Balaban J connectivity index is 0.00000242. The lowest BCUT2D eigenvalue weighted by molar-refractivity contribution is -0.121. The number of hydrogen-bond donors (Lipinski definition) is 2. The van der Waals surface area contributed by atoms with Gasteiger partial charge in [-0.1, -0.05) is 11.6 Å². The zero-order valence-corrected chi connectivity index (χ0v) is 13.3. The lowest BCUT2D eigenvalue weighted by Crippen LogP contribution is -2.29. The molecule has 1 aliphatic rings. The standard InChI is InChI=1S/C16H21FN2O2.ClH/c17-14-3-5-15(6-4-14)21-11-1-2-16(20)19-12-13-7-9-18-10-8-13;/h3-7,18H,1-2,8-12H2,(H,19,20);1H. The second kappa shape index (κ2) is 10.2. The maximum Gasteiger partial charge on any atom is 0.220 e. The monoisotopic (exact) mass is 328 g/mol. The fourth-order valence-corrected chi connectivity index (χ4v) is 2.08. The Kier molecular flexibility index (Phi) is 8.55. The number of amides is 1. The van der Waals surface area contributed by atoms with Crippen molar-refractivity contribution in [2.75, 3.05) is 26.2 Å². The highest BCUT2D eigenvalue weighted by molar-refractivity contribution is 5.85. The van der Waals surface area contributed by atoms with Crippen LogP contribution in [-0.2, 0) is 4.79 Å². The highest BCUT2D eigenvalue weighted by atomic mass is 35.5. The molecule has 1 amide bonds. The summed E-state index contributed by atoms with van der Waals surface area (Å²) in [6, 6.07) is 5.88. The van der Waals surface area contributed by atoms with Crippen LogP contribution in [0.1, 0.15) is 19.3 Å². The molecule has 0 saturated heterocycles. The van der Waals surface area contributed by atoms with Crippen LogP contribution in [0.4, 0.5) is 4.39 Å². The molecule has 122 valence electrons. The van der Waals surface area contributed by atoms with Crippen LogP contribution < -0.4 is 15.4 Å². The molecule has 2 rings (SSSR count). The molecule has 0 fully saturated rings. The van der Waals surface area contributed by atoms with Gasteiger partial charge in [-0.2, -0.15) is 0 Å². The molecule has 0 atom stereocenters. The number of nitrogens with one attached hydrogen (secondary N) is 2. The third-order valence-corrected chi connectivity index (χ3v) is 3.30. The summed E-state index contributed by atoms with van der Waals surface area (Å²) in [7, 11) is 0. The fraction of sp³-hybridized carbons (Fsp3) is 0.438. The number of halogens is 2. The van der Waals surface area contributed by atoms with Crippen LogP contribution >= 0.6 is 12.4 Å². The van der Waals surface area contributed by atoms with Crippen LogP contribution in [0.15, 0.2) is 35.9 Å². The van der Waals surface area contributed by atoms with Crippen molar-refractivity contribution in [2.45, 2.75) is 19.3 Å². The second-order valence-electron chi connectivity index (χ2n) is 5.00. The van der Waals surface area contributed by atoms with Gasteiger partial charge in [0.1, 0.15) is 11.6 Å². The van der Waals surface area contributed by atoms with E-state index >= 15 is 0 Å². The highest BCUT2D eigenvalue weighted by Gasteiger charge is 2.05.